The number of nitrogens with one attached hydrogen (secondary N) is 1. The van der Waals surface area contributed by atoms with Crippen LogP contribution < -0.4 is 5.32 Å². The molecule has 2 heteroatoms. The van der Waals surface area contributed by atoms with Gasteiger partial charge in [-0.2, -0.15) is 0 Å². The van der Waals surface area contributed by atoms with E-state index in [1.807, 2.05) is 61.5 Å². The molecule has 0 heterocycles. The van der Waals surface area contributed by atoms with Crippen molar-refractivity contribution in [1.82, 2.24) is 5.32 Å². The van der Waals surface area contributed by atoms with Crippen LogP contribution in [0, 0.1) is 6.92 Å². The number of hydrogen-bond donors (Lipinski definition) is 1. The van der Waals surface area contributed by atoms with Gasteiger partial charge in [-0.1, -0.05) is 60.2 Å². The third-order valence-electron chi connectivity index (χ3n) is 3.21. The Morgan fingerprint density at radius 1 is 0.909 bits per heavy atom. The van der Waals surface area contributed by atoms with Crippen LogP contribution in [-0.4, -0.2) is 11.3 Å². The fourth-order valence-corrected chi connectivity index (χ4v) is 2.15. The number of carbonyl (C=O) groups is 1. The highest BCUT2D eigenvalue weighted by Crippen LogP contribution is 2.17. The van der Waals surface area contributed by atoms with Crippen molar-refractivity contribution in [3.05, 3.63) is 77.4 Å². The molecule has 0 aliphatic rings. The fraction of sp³-hybridized carbons (Fsp3) is 0.250. The van der Waals surface area contributed by atoms with Gasteiger partial charge < -0.3 is 5.32 Å². The minimum absolute atomic E-state index is 0.00982. The van der Waals surface area contributed by atoms with Crippen molar-refractivity contribution in [2.45, 2.75) is 33.2 Å². The molecule has 0 fully saturated rings. The highest BCUT2D eigenvalue weighted by atomic mass is 16.1. The lowest BCUT2D eigenvalue weighted by Crippen LogP contribution is -2.34. The van der Waals surface area contributed by atoms with Crippen LogP contribution in [0.25, 0.3) is 5.70 Å². The summed E-state index contributed by atoms with van der Waals surface area (Å²) in [4.78, 5) is 12.5. The average Bonchev–Trinajstić information content (AvgIpc) is 2.47. The Labute approximate surface area is 132 Å². The van der Waals surface area contributed by atoms with E-state index in [1.165, 1.54) is 0 Å². The summed E-state index contributed by atoms with van der Waals surface area (Å²) in [5.41, 5.74) is 3.60. The zero-order valence-electron chi connectivity index (χ0n) is 13.7. The van der Waals surface area contributed by atoms with Gasteiger partial charge in [0.1, 0.15) is 0 Å². The topological polar surface area (TPSA) is 29.1 Å². The van der Waals surface area contributed by atoms with Gasteiger partial charge in [0.2, 0.25) is 0 Å². The van der Waals surface area contributed by atoms with Crippen molar-refractivity contribution in [3.63, 3.8) is 0 Å². The van der Waals surface area contributed by atoms with E-state index < -0.39 is 0 Å². The molecule has 0 saturated heterocycles. The van der Waals surface area contributed by atoms with E-state index in [4.69, 9.17) is 0 Å². The second kappa shape index (κ2) is 6.61. The molecule has 1 N–H and O–H groups in total. The number of rotatable bonds is 4. The highest BCUT2D eigenvalue weighted by Gasteiger charge is 2.14. The van der Waals surface area contributed by atoms with Crippen LogP contribution >= 0.6 is 0 Å². The van der Waals surface area contributed by atoms with Gasteiger partial charge in [-0.25, -0.2) is 0 Å². The standard InChI is InChI=1S/C20H23NO/c1-15-10-12-17(13-11-15)19(22)14-18(21-20(2,3)4)16-8-6-5-7-9-16/h5-14,21H,1-4H3. The van der Waals surface area contributed by atoms with E-state index in [1.54, 1.807) is 6.08 Å². The molecular weight excluding hydrogens is 270 g/mol. The molecule has 2 nitrogen and oxygen atoms in total. The zero-order chi connectivity index (χ0) is 16.2. The Kier molecular flexibility index (Phi) is 4.81. The first kappa shape index (κ1) is 16.0. The van der Waals surface area contributed by atoms with Crippen molar-refractivity contribution in [3.8, 4) is 0 Å². The molecule has 0 aromatic heterocycles. The minimum atomic E-state index is -0.116. The first-order chi connectivity index (χ1) is 10.3. The average molecular weight is 293 g/mol. The molecule has 0 aliphatic heterocycles. The molecule has 0 saturated carbocycles. The summed E-state index contributed by atoms with van der Waals surface area (Å²) in [6, 6.07) is 17.6. The maximum atomic E-state index is 12.5. The Morgan fingerprint density at radius 3 is 2.05 bits per heavy atom. The molecular formula is C20H23NO. The number of benzene rings is 2. The Morgan fingerprint density at radius 2 is 1.50 bits per heavy atom. The van der Waals surface area contributed by atoms with Crippen molar-refractivity contribution < 1.29 is 4.79 Å². The van der Waals surface area contributed by atoms with Gasteiger partial charge in [0.15, 0.2) is 5.78 Å². The summed E-state index contributed by atoms with van der Waals surface area (Å²) in [6.45, 7) is 8.26. The lowest BCUT2D eigenvalue weighted by atomic mass is 10.0. The number of ketones is 1. The molecule has 0 spiro atoms. The maximum Gasteiger partial charge on any atom is 0.187 e. The van der Waals surface area contributed by atoms with Crippen molar-refractivity contribution in [2.24, 2.45) is 0 Å². The molecule has 0 bridgehead atoms. The van der Waals surface area contributed by atoms with E-state index in [-0.39, 0.29) is 11.3 Å². The molecule has 114 valence electrons. The van der Waals surface area contributed by atoms with Gasteiger partial charge in [-0.3, -0.25) is 4.79 Å². The smallest absolute Gasteiger partial charge is 0.187 e. The van der Waals surface area contributed by atoms with Crippen molar-refractivity contribution >= 4 is 11.5 Å². The zero-order valence-corrected chi connectivity index (χ0v) is 13.7. The predicted octanol–water partition coefficient (Wildman–Crippen LogP) is 4.61. The third kappa shape index (κ3) is 4.59. The molecule has 0 unspecified atom stereocenters. The Hall–Kier alpha value is -2.35. The maximum absolute atomic E-state index is 12.5. The number of aryl methyl sites for hydroxylation is 1. The van der Waals surface area contributed by atoms with E-state index in [9.17, 15) is 4.79 Å². The van der Waals surface area contributed by atoms with Crippen LogP contribution in [0.5, 0.6) is 0 Å². The number of hydrogen-bond acceptors (Lipinski definition) is 2. The van der Waals surface area contributed by atoms with Crippen LogP contribution in [0.4, 0.5) is 0 Å². The van der Waals surface area contributed by atoms with Gasteiger partial charge >= 0.3 is 0 Å². The first-order valence-electron chi connectivity index (χ1n) is 7.51. The largest absolute Gasteiger partial charge is 0.380 e. The minimum Gasteiger partial charge on any atom is -0.380 e. The summed E-state index contributed by atoms with van der Waals surface area (Å²) >= 11 is 0. The van der Waals surface area contributed by atoms with E-state index in [2.05, 4.69) is 26.1 Å². The third-order valence-corrected chi connectivity index (χ3v) is 3.21. The van der Waals surface area contributed by atoms with E-state index >= 15 is 0 Å². The van der Waals surface area contributed by atoms with Crippen LogP contribution in [0.3, 0.4) is 0 Å². The number of carbonyl (C=O) groups excluding carboxylic acids is 1. The second-order valence-corrected chi connectivity index (χ2v) is 6.53. The number of allylic oxidation sites excluding steroid dienone is 1. The lowest BCUT2D eigenvalue weighted by molar-refractivity contribution is 0.104. The summed E-state index contributed by atoms with van der Waals surface area (Å²) in [6.07, 6.45) is 1.69. The van der Waals surface area contributed by atoms with Gasteiger partial charge in [0.25, 0.3) is 0 Å². The van der Waals surface area contributed by atoms with Crippen molar-refractivity contribution in [1.29, 1.82) is 0 Å². The quantitative estimate of drug-likeness (QED) is 0.659. The van der Waals surface area contributed by atoms with Crippen molar-refractivity contribution in [2.75, 3.05) is 0 Å². The highest BCUT2D eigenvalue weighted by molar-refractivity contribution is 6.08. The van der Waals surface area contributed by atoms with E-state index in [0.717, 1.165) is 16.8 Å². The molecule has 0 atom stereocenters. The van der Waals surface area contributed by atoms with Crippen LogP contribution in [0.1, 0.15) is 42.3 Å². The first-order valence-corrected chi connectivity index (χ1v) is 7.51. The summed E-state index contributed by atoms with van der Waals surface area (Å²) < 4.78 is 0. The molecule has 2 aromatic carbocycles. The molecule has 0 radical (unpaired) electrons. The van der Waals surface area contributed by atoms with Gasteiger partial charge in [0, 0.05) is 22.9 Å². The van der Waals surface area contributed by atoms with Crippen LogP contribution in [-0.2, 0) is 0 Å². The normalized spacial score (nSPS) is 12.1. The summed E-state index contributed by atoms with van der Waals surface area (Å²) in [5, 5.41) is 3.42. The Bertz CT molecular complexity index is 661. The fourth-order valence-electron chi connectivity index (χ4n) is 2.15. The summed E-state index contributed by atoms with van der Waals surface area (Å²) in [5.74, 6) is 0.00982. The van der Waals surface area contributed by atoms with Gasteiger partial charge in [-0.15, -0.1) is 0 Å². The molecule has 2 aromatic rings. The van der Waals surface area contributed by atoms with Gasteiger partial charge in [0.05, 0.1) is 0 Å². The predicted molar refractivity (Wildman–Crippen MR) is 92.8 cm³/mol. The summed E-state index contributed by atoms with van der Waals surface area (Å²) in [7, 11) is 0. The van der Waals surface area contributed by atoms with E-state index in [0.29, 0.717) is 5.56 Å². The molecule has 2 rings (SSSR count). The SMILES string of the molecule is Cc1ccc(C(=O)C=C(NC(C)(C)C)c2ccccc2)cc1. The van der Waals surface area contributed by atoms with Crippen LogP contribution in [0.2, 0.25) is 0 Å². The second-order valence-electron chi connectivity index (χ2n) is 6.53. The monoisotopic (exact) mass is 293 g/mol. The van der Waals surface area contributed by atoms with Gasteiger partial charge in [-0.05, 0) is 33.3 Å². The Balaban J connectivity index is 2.35. The van der Waals surface area contributed by atoms with Crippen LogP contribution in [0.15, 0.2) is 60.7 Å². The molecule has 0 aliphatic carbocycles. The lowest BCUT2D eigenvalue weighted by Gasteiger charge is -2.24. The molecule has 22 heavy (non-hydrogen) atoms. The molecule has 0 amide bonds.